The maximum absolute atomic E-state index is 9.48. The quantitative estimate of drug-likeness (QED) is 0.681. The molecule has 0 saturated heterocycles. The molecule has 1 N–H and O–H groups in total. The SMILES string of the molecule is Cc1cc(Br)cc2c1B(O)ON=C2. The number of hydrogen-bond donors (Lipinski definition) is 1. The number of fused-ring (bicyclic) bond motifs is 1. The monoisotopic (exact) mass is 239 g/mol. The normalized spacial score (nSPS) is 13.9. The molecule has 1 aromatic carbocycles. The number of nitrogens with zero attached hydrogens (tertiary/aromatic N) is 1. The minimum atomic E-state index is -0.937. The van der Waals surface area contributed by atoms with Gasteiger partial charge < -0.3 is 9.78 Å². The molecule has 1 aliphatic rings. The van der Waals surface area contributed by atoms with Gasteiger partial charge in [-0.05, 0) is 30.2 Å². The van der Waals surface area contributed by atoms with Gasteiger partial charge in [-0.15, -0.1) is 5.16 Å². The van der Waals surface area contributed by atoms with Crippen LogP contribution in [0.3, 0.4) is 0 Å². The van der Waals surface area contributed by atoms with Crippen LogP contribution < -0.4 is 5.46 Å². The number of rotatable bonds is 0. The van der Waals surface area contributed by atoms with Crippen molar-refractivity contribution in [1.82, 2.24) is 0 Å². The summed E-state index contributed by atoms with van der Waals surface area (Å²) in [6, 6.07) is 3.84. The molecule has 66 valence electrons. The summed E-state index contributed by atoms with van der Waals surface area (Å²) in [5, 5.41) is 13.1. The third-order valence-corrected chi connectivity index (χ3v) is 2.44. The lowest BCUT2D eigenvalue weighted by Gasteiger charge is -2.15. The molecule has 0 atom stereocenters. The summed E-state index contributed by atoms with van der Waals surface area (Å²) in [6.45, 7) is 1.93. The summed E-state index contributed by atoms with van der Waals surface area (Å²) in [5.41, 5.74) is 2.67. The van der Waals surface area contributed by atoms with Gasteiger partial charge in [0.2, 0.25) is 0 Å². The molecule has 0 aliphatic carbocycles. The summed E-state index contributed by atoms with van der Waals surface area (Å²) < 4.78 is 5.71. The lowest BCUT2D eigenvalue weighted by molar-refractivity contribution is 0.286. The molecule has 0 unspecified atom stereocenters. The van der Waals surface area contributed by atoms with Crippen LogP contribution in [0.5, 0.6) is 0 Å². The largest absolute Gasteiger partial charge is 0.583 e. The zero-order valence-electron chi connectivity index (χ0n) is 6.99. The van der Waals surface area contributed by atoms with Gasteiger partial charge in [0.25, 0.3) is 0 Å². The number of hydrogen-bond acceptors (Lipinski definition) is 3. The molecule has 3 nitrogen and oxygen atoms in total. The van der Waals surface area contributed by atoms with Crippen LogP contribution in [0.15, 0.2) is 21.8 Å². The molecule has 13 heavy (non-hydrogen) atoms. The minimum absolute atomic E-state index is 0.790. The molecule has 0 aromatic heterocycles. The van der Waals surface area contributed by atoms with Crippen molar-refractivity contribution in [2.24, 2.45) is 5.16 Å². The van der Waals surface area contributed by atoms with Crippen LogP contribution in [0.2, 0.25) is 0 Å². The second kappa shape index (κ2) is 3.16. The summed E-state index contributed by atoms with van der Waals surface area (Å²) in [4.78, 5) is 0. The highest BCUT2D eigenvalue weighted by Gasteiger charge is 2.27. The van der Waals surface area contributed by atoms with E-state index in [2.05, 4.69) is 21.1 Å². The summed E-state index contributed by atoms with van der Waals surface area (Å²) in [7, 11) is -0.937. The molecular weight excluding hydrogens is 233 g/mol. The lowest BCUT2D eigenvalue weighted by atomic mass is 9.73. The molecule has 0 fully saturated rings. The van der Waals surface area contributed by atoms with Crippen molar-refractivity contribution in [1.29, 1.82) is 0 Å². The fourth-order valence-corrected chi connectivity index (χ4v) is 2.01. The van der Waals surface area contributed by atoms with Crippen molar-refractivity contribution in [2.45, 2.75) is 6.92 Å². The molecule has 5 heteroatoms. The lowest BCUT2D eigenvalue weighted by Crippen LogP contribution is -2.39. The summed E-state index contributed by atoms with van der Waals surface area (Å²) >= 11 is 3.38. The van der Waals surface area contributed by atoms with E-state index >= 15 is 0 Å². The van der Waals surface area contributed by atoms with Crippen LogP contribution in [0.1, 0.15) is 11.1 Å². The Hall–Kier alpha value is -0.805. The molecule has 0 bridgehead atoms. The first-order chi connectivity index (χ1) is 6.18. The first-order valence-electron chi connectivity index (χ1n) is 3.86. The molecule has 1 aromatic rings. The topological polar surface area (TPSA) is 41.8 Å². The van der Waals surface area contributed by atoms with Gasteiger partial charge in [-0.1, -0.05) is 15.9 Å². The second-order valence-corrected chi connectivity index (χ2v) is 3.83. The second-order valence-electron chi connectivity index (χ2n) is 2.92. The molecule has 1 aliphatic heterocycles. The Bertz CT molecular complexity index is 381. The van der Waals surface area contributed by atoms with Gasteiger partial charge in [-0.2, -0.15) is 0 Å². The standard InChI is InChI=1S/C8H7BBrNO2/c1-5-2-7(10)3-6-4-11-13-9(12)8(5)6/h2-4,12H,1H3. The summed E-state index contributed by atoms with van der Waals surface area (Å²) in [6.07, 6.45) is 1.60. The Morgan fingerprint density at radius 1 is 1.54 bits per heavy atom. The molecule has 0 amide bonds. The number of oxime groups is 1. The van der Waals surface area contributed by atoms with E-state index in [0.29, 0.717) is 0 Å². The Morgan fingerprint density at radius 3 is 3.08 bits per heavy atom. The maximum atomic E-state index is 9.48. The van der Waals surface area contributed by atoms with Gasteiger partial charge >= 0.3 is 7.12 Å². The Labute approximate surface area is 84.7 Å². The van der Waals surface area contributed by atoms with Crippen molar-refractivity contribution in [3.05, 3.63) is 27.7 Å². The van der Waals surface area contributed by atoms with Gasteiger partial charge in [0.1, 0.15) is 0 Å². The molecule has 0 saturated carbocycles. The zero-order valence-corrected chi connectivity index (χ0v) is 8.58. The smallest absolute Gasteiger partial charge is 0.427 e. The van der Waals surface area contributed by atoms with Crippen LogP contribution in [0.4, 0.5) is 0 Å². The Morgan fingerprint density at radius 2 is 2.31 bits per heavy atom. The Balaban J connectivity index is 2.65. The Kier molecular flexibility index (Phi) is 2.13. The fraction of sp³-hybridized carbons (Fsp3) is 0.125. The number of benzene rings is 1. The van der Waals surface area contributed by atoms with E-state index in [1.807, 2.05) is 19.1 Å². The van der Waals surface area contributed by atoms with E-state index in [-0.39, 0.29) is 0 Å². The average molecular weight is 240 g/mol. The van der Waals surface area contributed by atoms with Crippen molar-refractivity contribution in [3.63, 3.8) is 0 Å². The third kappa shape index (κ3) is 1.49. The first-order valence-corrected chi connectivity index (χ1v) is 4.65. The predicted molar refractivity (Wildman–Crippen MR) is 55.2 cm³/mol. The molecule has 1 heterocycles. The van der Waals surface area contributed by atoms with E-state index in [1.165, 1.54) is 0 Å². The van der Waals surface area contributed by atoms with E-state index in [0.717, 1.165) is 21.1 Å². The van der Waals surface area contributed by atoms with Crippen molar-refractivity contribution < 1.29 is 9.78 Å². The highest BCUT2D eigenvalue weighted by Crippen LogP contribution is 2.15. The zero-order chi connectivity index (χ0) is 9.42. The highest BCUT2D eigenvalue weighted by atomic mass is 79.9. The van der Waals surface area contributed by atoms with Crippen LogP contribution in [-0.2, 0) is 4.76 Å². The van der Waals surface area contributed by atoms with Crippen molar-refractivity contribution in [3.8, 4) is 0 Å². The van der Waals surface area contributed by atoms with E-state index in [1.54, 1.807) is 6.21 Å². The molecular formula is C8H7BBrNO2. The average Bonchev–Trinajstić information content (AvgIpc) is 2.02. The van der Waals surface area contributed by atoms with Crippen LogP contribution in [0.25, 0.3) is 0 Å². The van der Waals surface area contributed by atoms with Gasteiger partial charge in [-0.3, -0.25) is 0 Å². The molecule has 0 spiro atoms. The van der Waals surface area contributed by atoms with Crippen LogP contribution >= 0.6 is 15.9 Å². The predicted octanol–water partition coefficient (Wildman–Crippen LogP) is 0.809. The minimum Gasteiger partial charge on any atom is -0.427 e. The van der Waals surface area contributed by atoms with Gasteiger partial charge in [0.15, 0.2) is 0 Å². The van der Waals surface area contributed by atoms with Gasteiger partial charge in [0.05, 0.1) is 6.21 Å². The van der Waals surface area contributed by atoms with Gasteiger partial charge in [0, 0.05) is 9.94 Å². The highest BCUT2D eigenvalue weighted by molar-refractivity contribution is 9.10. The first kappa shape index (κ1) is 8.78. The van der Waals surface area contributed by atoms with E-state index in [4.69, 9.17) is 4.76 Å². The number of halogens is 1. The molecule has 0 radical (unpaired) electrons. The van der Waals surface area contributed by atoms with Crippen LogP contribution in [-0.4, -0.2) is 18.4 Å². The van der Waals surface area contributed by atoms with E-state index < -0.39 is 7.12 Å². The van der Waals surface area contributed by atoms with Crippen molar-refractivity contribution in [2.75, 3.05) is 0 Å². The van der Waals surface area contributed by atoms with Crippen LogP contribution in [0, 0.1) is 6.92 Å². The van der Waals surface area contributed by atoms with Gasteiger partial charge in [-0.25, -0.2) is 0 Å². The molecule has 2 rings (SSSR count). The third-order valence-electron chi connectivity index (χ3n) is 1.98. The van der Waals surface area contributed by atoms with Crippen molar-refractivity contribution >= 4 is 34.7 Å². The van der Waals surface area contributed by atoms with E-state index in [9.17, 15) is 5.02 Å². The number of aryl methyl sites for hydroxylation is 1. The maximum Gasteiger partial charge on any atom is 0.583 e. The fourth-order valence-electron chi connectivity index (χ4n) is 1.42. The summed E-state index contributed by atoms with van der Waals surface area (Å²) in [5.74, 6) is 0.